The third-order valence-electron chi connectivity index (χ3n) is 2.21. The lowest BCUT2D eigenvalue weighted by molar-refractivity contribution is 0.0703. The number of amides is 1. The van der Waals surface area contributed by atoms with Gasteiger partial charge in [0, 0.05) is 27.1 Å². The van der Waals surface area contributed by atoms with Crippen LogP contribution in [-0.2, 0) is 0 Å². The summed E-state index contributed by atoms with van der Waals surface area (Å²) in [4.78, 5) is 15.3. The van der Waals surface area contributed by atoms with Crippen molar-refractivity contribution < 1.29 is 10.0 Å². The summed E-state index contributed by atoms with van der Waals surface area (Å²) in [7, 11) is 0. The molecule has 0 aliphatic heterocycles. The molecule has 2 rings (SSSR count). The number of carbonyl (C=O) groups is 1. The highest BCUT2D eigenvalue weighted by atomic mass is 79.9. The fraction of sp³-hybridized carbons (Fsp3) is 0. The molecule has 0 unspecified atom stereocenters. The minimum atomic E-state index is -0.664. The molecule has 1 heterocycles. The van der Waals surface area contributed by atoms with Gasteiger partial charge in [-0.3, -0.25) is 10.0 Å². The van der Waals surface area contributed by atoms with E-state index in [1.54, 1.807) is 23.7 Å². The Morgan fingerprint density at radius 2 is 2.25 bits per heavy atom. The van der Waals surface area contributed by atoms with E-state index < -0.39 is 5.91 Å². The molecule has 6 heteroatoms. The maximum Gasteiger partial charge on any atom is 0.293 e. The lowest BCUT2D eigenvalue weighted by atomic mass is 10.1. The number of rotatable bonds is 1. The third-order valence-corrected chi connectivity index (χ3v) is 2.82. The average Bonchev–Trinajstić information content (AvgIpc) is 2.28. The maximum atomic E-state index is 11.4. The number of nitrogen functional groups attached to an aromatic ring is 1. The summed E-state index contributed by atoms with van der Waals surface area (Å²) in [5.74, 6) is -0.664. The number of benzene rings is 1. The van der Waals surface area contributed by atoms with Gasteiger partial charge in [0.2, 0.25) is 0 Å². The van der Waals surface area contributed by atoms with Crippen molar-refractivity contribution in [3.63, 3.8) is 0 Å². The van der Waals surface area contributed by atoms with Gasteiger partial charge in [-0.05, 0) is 22.0 Å². The molecule has 5 nitrogen and oxygen atoms in total. The quantitative estimate of drug-likeness (QED) is 0.422. The van der Waals surface area contributed by atoms with Gasteiger partial charge in [-0.2, -0.15) is 0 Å². The molecule has 0 aliphatic carbocycles. The summed E-state index contributed by atoms with van der Waals surface area (Å²) < 4.78 is 0.704. The summed E-state index contributed by atoms with van der Waals surface area (Å²) in [6.45, 7) is 0. The van der Waals surface area contributed by atoms with Crippen LogP contribution in [0.15, 0.2) is 28.9 Å². The lowest BCUT2D eigenvalue weighted by Gasteiger charge is -2.07. The van der Waals surface area contributed by atoms with Crippen molar-refractivity contribution >= 4 is 38.3 Å². The summed E-state index contributed by atoms with van der Waals surface area (Å²) in [5.41, 5.74) is 8.04. The smallest absolute Gasteiger partial charge is 0.293 e. The Hall–Kier alpha value is -1.66. The van der Waals surface area contributed by atoms with Crippen molar-refractivity contribution in [2.45, 2.75) is 0 Å². The molecule has 0 bridgehead atoms. The average molecular weight is 282 g/mol. The number of pyridine rings is 1. The SMILES string of the molecule is Nc1cccc2c(C(=O)NO)ncc(Br)c12. The van der Waals surface area contributed by atoms with Crippen LogP contribution in [0.2, 0.25) is 0 Å². The van der Waals surface area contributed by atoms with E-state index in [1.165, 1.54) is 6.20 Å². The summed E-state index contributed by atoms with van der Waals surface area (Å²) >= 11 is 3.32. The molecular formula is C10H8BrN3O2. The van der Waals surface area contributed by atoms with Gasteiger partial charge >= 0.3 is 0 Å². The number of aromatic nitrogens is 1. The highest BCUT2D eigenvalue weighted by molar-refractivity contribution is 9.10. The largest absolute Gasteiger partial charge is 0.398 e. The molecule has 1 amide bonds. The predicted octanol–water partition coefficient (Wildman–Crippen LogP) is 1.70. The fourth-order valence-electron chi connectivity index (χ4n) is 1.52. The summed E-state index contributed by atoms with van der Waals surface area (Å²) in [6, 6.07) is 5.17. The fourth-order valence-corrected chi connectivity index (χ4v) is 2.07. The summed E-state index contributed by atoms with van der Waals surface area (Å²) in [5, 5.41) is 9.89. The van der Waals surface area contributed by atoms with Crippen molar-refractivity contribution in [3.8, 4) is 0 Å². The van der Waals surface area contributed by atoms with Crippen molar-refractivity contribution in [2.75, 3.05) is 5.73 Å². The number of nitrogens with two attached hydrogens (primary N) is 1. The Balaban J connectivity index is 2.84. The van der Waals surface area contributed by atoms with Crippen LogP contribution in [0, 0.1) is 0 Å². The first kappa shape index (κ1) is 10.8. The molecule has 1 aromatic carbocycles. The molecule has 0 fully saturated rings. The molecule has 0 saturated heterocycles. The maximum absolute atomic E-state index is 11.4. The lowest BCUT2D eigenvalue weighted by Crippen LogP contribution is -2.20. The van der Waals surface area contributed by atoms with Crippen molar-refractivity contribution in [3.05, 3.63) is 34.6 Å². The second-order valence-electron chi connectivity index (χ2n) is 3.17. The van der Waals surface area contributed by atoms with Gasteiger partial charge in [0.05, 0.1) is 0 Å². The number of nitrogens with one attached hydrogen (secondary N) is 1. The number of nitrogens with zero attached hydrogens (tertiary/aromatic N) is 1. The van der Waals surface area contributed by atoms with Crippen molar-refractivity contribution in [2.24, 2.45) is 0 Å². The number of carbonyl (C=O) groups excluding carboxylic acids is 1. The van der Waals surface area contributed by atoms with Crippen LogP contribution in [0.3, 0.4) is 0 Å². The van der Waals surface area contributed by atoms with Gasteiger partial charge in [0.1, 0.15) is 5.69 Å². The molecule has 4 N–H and O–H groups in total. The molecule has 16 heavy (non-hydrogen) atoms. The van der Waals surface area contributed by atoms with Gasteiger partial charge in [0.25, 0.3) is 5.91 Å². The van der Waals surface area contributed by atoms with Crippen LogP contribution in [0.1, 0.15) is 10.5 Å². The Morgan fingerprint density at radius 1 is 1.50 bits per heavy atom. The predicted molar refractivity (Wildman–Crippen MR) is 63.1 cm³/mol. The Labute approximate surface area is 99.4 Å². The topological polar surface area (TPSA) is 88.2 Å². The number of hydroxylamine groups is 1. The Morgan fingerprint density at radius 3 is 2.94 bits per heavy atom. The zero-order chi connectivity index (χ0) is 11.7. The standard InChI is InChI=1S/C10H8BrN3O2/c11-6-4-13-9(10(15)14-16)5-2-1-3-7(12)8(5)6/h1-4,16H,12H2,(H,14,15). The van der Waals surface area contributed by atoms with E-state index in [2.05, 4.69) is 20.9 Å². The zero-order valence-corrected chi connectivity index (χ0v) is 9.65. The van der Waals surface area contributed by atoms with Gasteiger partial charge in [-0.15, -0.1) is 0 Å². The number of anilines is 1. The molecule has 1 aromatic heterocycles. The molecule has 0 aliphatic rings. The van der Waals surface area contributed by atoms with E-state index in [9.17, 15) is 4.79 Å². The third kappa shape index (κ3) is 1.62. The van der Waals surface area contributed by atoms with Gasteiger partial charge in [-0.1, -0.05) is 12.1 Å². The first-order valence-electron chi connectivity index (χ1n) is 4.42. The van der Waals surface area contributed by atoms with Crippen LogP contribution in [0.5, 0.6) is 0 Å². The summed E-state index contributed by atoms with van der Waals surface area (Å²) in [6.07, 6.45) is 1.48. The van der Waals surface area contributed by atoms with Gasteiger partial charge in [-0.25, -0.2) is 10.5 Å². The molecule has 82 valence electrons. The number of hydrogen-bond donors (Lipinski definition) is 3. The van der Waals surface area contributed by atoms with Crippen molar-refractivity contribution in [1.29, 1.82) is 0 Å². The molecule has 2 aromatic rings. The van der Waals surface area contributed by atoms with E-state index in [-0.39, 0.29) is 5.69 Å². The second-order valence-corrected chi connectivity index (χ2v) is 4.02. The van der Waals surface area contributed by atoms with Crippen LogP contribution in [-0.4, -0.2) is 16.1 Å². The minimum Gasteiger partial charge on any atom is -0.398 e. The van der Waals surface area contributed by atoms with Gasteiger partial charge < -0.3 is 5.73 Å². The van der Waals surface area contributed by atoms with Crippen molar-refractivity contribution in [1.82, 2.24) is 10.5 Å². The molecular weight excluding hydrogens is 274 g/mol. The molecule has 0 spiro atoms. The van der Waals surface area contributed by atoms with E-state index in [4.69, 9.17) is 10.9 Å². The normalized spacial score (nSPS) is 10.4. The van der Waals surface area contributed by atoms with E-state index in [1.807, 2.05) is 0 Å². The van der Waals surface area contributed by atoms with E-state index in [0.29, 0.717) is 20.9 Å². The molecule has 0 saturated carbocycles. The first-order chi connectivity index (χ1) is 7.65. The molecule has 0 atom stereocenters. The Bertz CT molecular complexity index is 563. The minimum absolute atomic E-state index is 0.132. The van der Waals surface area contributed by atoms with Gasteiger partial charge in [0.15, 0.2) is 0 Å². The first-order valence-corrected chi connectivity index (χ1v) is 5.21. The van der Waals surface area contributed by atoms with Crippen LogP contribution < -0.4 is 11.2 Å². The van der Waals surface area contributed by atoms with Crippen LogP contribution >= 0.6 is 15.9 Å². The van der Waals surface area contributed by atoms with E-state index >= 15 is 0 Å². The Kier molecular flexibility index (Phi) is 2.76. The number of halogens is 1. The number of hydrogen-bond acceptors (Lipinski definition) is 4. The molecule has 0 radical (unpaired) electrons. The second kappa shape index (κ2) is 4.07. The number of fused-ring (bicyclic) bond motifs is 1. The highest BCUT2D eigenvalue weighted by Gasteiger charge is 2.13. The zero-order valence-electron chi connectivity index (χ0n) is 8.07. The van der Waals surface area contributed by atoms with Crippen LogP contribution in [0.25, 0.3) is 10.8 Å². The monoisotopic (exact) mass is 281 g/mol. The van der Waals surface area contributed by atoms with E-state index in [0.717, 1.165) is 0 Å². The highest BCUT2D eigenvalue weighted by Crippen LogP contribution is 2.29. The van der Waals surface area contributed by atoms with Crippen LogP contribution in [0.4, 0.5) is 5.69 Å².